The second-order valence-corrected chi connectivity index (χ2v) is 6.90. The highest BCUT2D eigenvalue weighted by molar-refractivity contribution is 5.95. The normalized spacial score (nSPS) is 17.1. The molecule has 31 heavy (non-hydrogen) atoms. The highest BCUT2D eigenvalue weighted by Crippen LogP contribution is 2.29. The first kappa shape index (κ1) is 20.5. The molecule has 2 atom stereocenters. The molecular weight excluding hydrogens is 398 g/mol. The summed E-state index contributed by atoms with van der Waals surface area (Å²) >= 11 is 0. The molecule has 8 heteroatoms. The fourth-order valence-electron chi connectivity index (χ4n) is 3.56. The molecule has 0 bridgehead atoms. The zero-order valence-electron chi connectivity index (χ0n) is 17.0. The first-order chi connectivity index (χ1) is 15.2. The van der Waals surface area contributed by atoms with Crippen molar-refractivity contribution in [3.05, 3.63) is 95.5 Å². The zero-order chi connectivity index (χ0) is 21.6. The highest BCUT2D eigenvalue weighted by Gasteiger charge is 2.35. The molecular formula is C23H23N3O5. The number of nitrogens with one attached hydrogen (secondary N) is 3. The third-order valence-electron chi connectivity index (χ3n) is 4.92. The van der Waals surface area contributed by atoms with Gasteiger partial charge in [-0.3, -0.25) is 5.32 Å². The van der Waals surface area contributed by atoms with Gasteiger partial charge in [0.1, 0.15) is 17.6 Å². The van der Waals surface area contributed by atoms with Crippen LogP contribution in [0.15, 0.2) is 87.2 Å². The number of furan rings is 2. The van der Waals surface area contributed by atoms with Gasteiger partial charge in [-0.25, -0.2) is 9.59 Å². The average Bonchev–Trinajstić information content (AvgIpc) is 3.49. The third kappa shape index (κ3) is 4.54. The first-order valence-electron chi connectivity index (χ1n) is 10.00. The molecule has 2 aromatic heterocycles. The number of ether oxygens (including phenoxy) is 1. The van der Waals surface area contributed by atoms with Gasteiger partial charge in [0.25, 0.3) is 0 Å². The number of hydrogen-bond acceptors (Lipinski definition) is 6. The van der Waals surface area contributed by atoms with Crippen LogP contribution in [0.3, 0.4) is 0 Å². The van der Waals surface area contributed by atoms with E-state index in [1.165, 1.54) is 6.26 Å². The molecule has 3 heterocycles. The van der Waals surface area contributed by atoms with E-state index in [2.05, 4.69) is 16.0 Å². The Bertz CT molecular complexity index is 1040. The predicted molar refractivity (Wildman–Crippen MR) is 112 cm³/mol. The molecule has 1 aliphatic heterocycles. The molecule has 0 aliphatic carbocycles. The average molecular weight is 421 g/mol. The Hall–Kier alpha value is -3.78. The topological polar surface area (TPSA) is 106 Å². The van der Waals surface area contributed by atoms with Crippen LogP contribution >= 0.6 is 0 Å². The summed E-state index contributed by atoms with van der Waals surface area (Å²) in [6.07, 6.45) is 3.10. The molecule has 3 aromatic rings. The minimum atomic E-state index is -0.751. The molecule has 8 nitrogen and oxygen atoms in total. The summed E-state index contributed by atoms with van der Waals surface area (Å²) in [5.74, 6) is 0.635. The molecule has 160 valence electrons. The number of urea groups is 1. The summed E-state index contributed by atoms with van der Waals surface area (Å²) in [5.41, 5.74) is 1.69. The van der Waals surface area contributed by atoms with E-state index in [9.17, 15) is 9.59 Å². The summed E-state index contributed by atoms with van der Waals surface area (Å²) in [6.45, 7) is 2.13. The van der Waals surface area contributed by atoms with Crippen LogP contribution in [0.2, 0.25) is 0 Å². The van der Waals surface area contributed by atoms with Crippen LogP contribution < -0.4 is 16.0 Å². The van der Waals surface area contributed by atoms with Crippen LogP contribution in [-0.2, 0) is 9.53 Å². The second kappa shape index (κ2) is 9.36. The SMILES string of the molecule is CCOC(=O)C1=C(CN[C@@H](c2ccccc2)c2ccco2)NC(=O)N[C@@H]1c1ccco1. The number of carbonyl (C=O) groups is 2. The van der Waals surface area contributed by atoms with E-state index in [1.54, 1.807) is 25.3 Å². The molecule has 0 spiro atoms. The maximum absolute atomic E-state index is 12.8. The van der Waals surface area contributed by atoms with Gasteiger partial charge in [0.15, 0.2) is 0 Å². The van der Waals surface area contributed by atoms with Gasteiger partial charge in [-0.1, -0.05) is 30.3 Å². The summed E-state index contributed by atoms with van der Waals surface area (Å²) in [7, 11) is 0. The number of rotatable bonds is 8. The first-order valence-corrected chi connectivity index (χ1v) is 10.00. The predicted octanol–water partition coefficient (Wildman–Crippen LogP) is 3.42. The Kier molecular flexibility index (Phi) is 6.18. The standard InChI is InChI=1S/C23H23N3O5/c1-2-29-22(27)19-16(25-23(28)26-21(19)18-11-7-13-31-18)14-24-20(17-10-6-12-30-17)15-8-4-3-5-9-15/h3-13,20-21,24H,2,14H2,1H3,(H2,25,26,28)/t20-,21+/m0/s1. The molecule has 3 N–H and O–H groups in total. The molecule has 1 aliphatic rings. The third-order valence-corrected chi connectivity index (χ3v) is 4.92. The Morgan fingerprint density at radius 1 is 1.10 bits per heavy atom. The molecule has 0 fully saturated rings. The van der Waals surface area contributed by atoms with Crippen LogP contribution in [0.1, 0.15) is 36.1 Å². The molecule has 0 unspecified atom stereocenters. The minimum Gasteiger partial charge on any atom is -0.467 e. The van der Waals surface area contributed by atoms with E-state index in [1.807, 2.05) is 42.5 Å². The van der Waals surface area contributed by atoms with Crippen molar-refractivity contribution >= 4 is 12.0 Å². The van der Waals surface area contributed by atoms with Gasteiger partial charge < -0.3 is 24.2 Å². The van der Waals surface area contributed by atoms with Crippen LogP contribution in [0, 0.1) is 0 Å². The van der Waals surface area contributed by atoms with E-state index in [-0.39, 0.29) is 24.8 Å². The number of benzene rings is 1. The van der Waals surface area contributed by atoms with Crippen LogP contribution in [0.5, 0.6) is 0 Å². The van der Waals surface area contributed by atoms with Crippen molar-refractivity contribution < 1.29 is 23.2 Å². The van der Waals surface area contributed by atoms with Crippen LogP contribution in [0.4, 0.5) is 4.79 Å². The lowest BCUT2D eigenvalue weighted by Gasteiger charge is -2.29. The summed E-state index contributed by atoms with van der Waals surface area (Å²) in [4.78, 5) is 25.2. The lowest BCUT2D eigenvalue weighted by Crippen LogP contribution is -2.48. The Morgan fingerprint density at radius 3 is 2.55 bits per heavy atom. The smallest absolute Gasteiger partial charge is 0.338 e. The van der Waals surface area contributed by atoms with E-state index in [0.717, 1.165) is 5.56 Å². The minimum absolute atomic E-state index is 0.193. The maximum Gasteiger partial charge on any atom is 0.338 e. The molecule has 2 amide bonds. The fourth-order valence-corrected chi connectivity index (χ4v) is 3.56. The quantitative estimate of drug-likeness (QED) is 0.481. The molecule has 0 saturated carbocycles. The van der Waals surface area contributed by atoms with Crippen molar-refractivity contribution in [1.82, 2.24) is 16.0 Å². The zero-order valence-corrected chi connectivity index (χ0v) is 17.0. The van der Waals surface area contributed by atoms with Crippen molar-refractivity contribution in [3.63, 3.8) is 0 Å². The van der Waals surface area contributed by atoms with E-state index >= 15 is 0 Å². The number of carbonyl (C=O) groups excluding carboxylic acids is 2. The lowest BCUT2D eigenvalue weighted by molar-refractivity contribution is -0.139. The van der Waals surface area contributed by atoms with Gasteiger partial charge in [0.05, 0.1) is 30.7 Å². The van der Waals surface area contributed by atoms with E-state index < -0.39 is 18.0 Å². The second-order valence-electron chi connectivity index (χ2n) is 6.90. The molecule has 0 radical (unpaired) electrons. The van der Waals surface area contributed by atoms with Gasteiger partial charge in [-0.05, 0) is 36.8 Å². The summed E-state index contributed by atoms with van der Waals surface area (Å²) < 4.78 is 16.3. The van der Waals surface area contributed by atoms with E-state index in [0.29, 0.717) is 17.2 Å². The van der Waals surface area contributed by atoms with Crippen molar-refractivity contribution in [3.8, 4) is 0 Å². The van der Waals surface area contributed by atoms with Crippen molar-refractivity contribution in [1.29, 1.82) is 0 Å². The van der Waals surface area contributed by atoms with Crippen molar-refractivity contribution in [2.75, 3.05) is 13.2 Å². The van der Waals surface area contributed by atoms with Crippen molar-refractivity contribution in [2.45, 2.75) is 19.0 Å². The molecule has 4 rings (SSSR count). The van der Waals surface area contributed by atoms with Gasteiger partial charge in [-0.2, -0.15) is 0 Å². The Morgan fingerprint density at radius 2 is 1.87 bits per heavy atom. The largest absolute Gasteiger partial charge is 0.467 e. The number of amides is 2. The fraction of sp³-hybridized carbons (Fsp3) is 0.217. The van der Waals surface area contributed by atoms with Crippen LogP contribution in [-0.4, -0.2) is 25.2 Å². The van der Waals surface area contributed by atoms with Gasteiger partial charge in [0, 0.05) is 12.2 Å². The van der Waals surface area contributed by atoms with Crippen molar-refractivity contribution in [2.24, 2.45) is 0 Å². The highest BCUT2D eigenvalue weighted by atomic mass is 16.5. The monoisotopic (exact) mass is 421 g/mol. The van der Waals surface area contributed by atoms with Gasteiger partial charge in [-0.15, -0.1) is 0 Å². The Balaban J connectivity index is 1.67. The van der Waals surface area contributed by atoms with Crippen LogP contribution in [0.25, 0.3) is 0 Å². The van der Waals surface area contributed by atoms with Gasteiger partial charge >= 0.3 is 12.0 Å². The molecule has 1 aromatic carbocycles. The number of esters is 1. The number of hydrogen-bond donors (Lipinski definition) is 3. The van der Waals surface area contributed by atoms with Gasteiger partial charge in [0.2, 0.25) is 0 Å². The lowest BCUT2D eigenvalue weighted by atomic mass is 9.99. The summed E-state index contributed by atoms with van der Waals surface area (Å²) in [5, 5.41) is 8.87. The molecule has 0 saturated heterocycles. The maximum atomic E-state index is 12.8. The summed E-state index contributed by atoms with van der Waals surface area (Å²) in [6, 6.07) is 15.4. The van der Waals surface area contributed by atoms with E-state index in [4.69, 9.17) is 13.6 Å². The Labute approximate surface area is 179 Å².